The van der Waals surface area contributed by atoms with Crippen LogP contribution < -0.4 is 0 Å². The molecule has 0 aliphatic carbocycles. The lowest BCUT2D eigenvalue weighted by atomic mass is 10.2. The molecule has 1 rings (SSSR count). The van der Waals surface area contributed by atoms with Crippen LogP contribution in [0.5, 0.6) is 0 Å². The zero-order chi connectivity index (χ0) is 8.10. The van der Waals surface area contributed by atoms with Crippen LogP contribution in [-0.2, 0) is 9.53 Å². The molecule has 1 aliphatic heterocycles. The molecule has 1 heterocycles. The van der Waals surface area contributed by atoms with E-state index in [0.29, 0.717) is 12.5 Å². The van der Waals surface area contributed by atoms with Crippen molar-refractivity contribution >= 4 is 6.29 Å². The molecular weight excluding hydrogens is 142 g/mol. The van der Waals surface area contributed by atoms with Gasteiger partial charge in [-0.2, -0.15) is 0 Å². The molecular formula is C8H15NO2. The molecule has 1 aliphatic rings. The Morgan fingerprint density at radius 2 is 2.55 bits per heavy atom. The summed E-state index contributed by atoms with van der Waals surface area (Å²) >= 11 is 0. The van der Waals surface area contributed by atoms with Gasteiger partial charge in [0.1, 0.15) is 6.29 Å². The highest BCUT2D eigenvalue weighted by Crippen LogP contribution is 2.05. The maximum Gasteiger partial charge on any atom is 0.121 e. The molecule has 11 heavy (non-hydrogen) atoms. The third kappa shape index (κ3) is 2.60. The topological polar surface area (TPSA) is 29.5 Å². The predicted molar refractivity (Wildman–Crippen MR) is 42.5 cm³/mol. The molecule has 3 heteroatoms. The second-order valence-corrected chi connectivity index (χ2v) is 2.92. The highest BCUT2D eigenvalue weighted by molar-refractivity contribution is 5.49. The Balaban J connectivity index is 2.23. The van der Waals surface area contributed by atoms with Crippen LogP contribution >= 0.6 is 0 Å². The summed E-state index contributed by atoms with van der Waals surface area (Å²) in [4.78, 5) is 12.4. The molecule has 0 aromatic carbocycles. The van der Waals surface area contributed by atoms with Crippen LogP contribution in [-0.4, -0.2) is 43.5 Å². The summed E-state index contributed by atoms with van der Waals surface area (Å²) in [5.41, 5.74) is 0. The maximum absolute atomic E-state index is 10.1. The monoisotopic (exact) mass is 157 g/mol. The zero-order valence-electron chi connectivity index (χ0n) is 6.95. The van der Waals surface area contributed by atoms with Crippen LogP contribution in [0.4, 0.5) is 0 Å². The number of hydrogen-bond donors (Lipinski definition) is 0. The summed E-state index contributed by atoms with van der Waals surface area (Å²) in [5, 5.41) is 0. The molecule has 1 unspecified atom stereocenters. The van der Waals surface area contributed by atoms with Crippen LogP contribution in [0.1, 0.15) is 13.3 Å². The zero-order valence-corrected chi connectivity index (χ0v) is 6.95. The maximum atomic E-state index is 10.1. The highest BCUT2D eigenvalue weighted by Gasteiger charge is 2.17. The van der Waals surface area contributed by atoms with Gasteiger partial charge in [0.2, 0.25) is 0 Å². The highest BCUT2D eigenvalue weighted by atomic mass is 16.5. The van der Waals surface area contributed by atoms with Gasteiger partial charge in [-0.25, -0.2) is 0 Å². The normalized spacial score (nSPS) is 26.8. The van der Waals surface area contributed by atoms with Crippen molar-refractivity contribution in [3.8, 4) is 0 Å². The summed E-state index contributed by atoms with van der Waals surface area (Å²) < 4.78 is 5.26. The summed E-state index contributed by atoms with van der Waals surface area (Å²) in [5.74, 6) is 0. The lowest BCUT2D eigenvalue weighted by Crippen LogP contribution is -2.44. The summed E-state index contributed by atoms with van der Waals surface area (Å²) in [6.07, 6.45) is 1.62. The Morgan fingerprint density at radius 3 is 3.18 bits per heavy atom. The van der Waals surface area contributed by atoms with Gasteiger partial charge in [-0.3, -0.25) is 4.90 Å². The first-order valence-corrected chi connectivity index (χ1v) is 4.10. The van der Waals surface area contributed by atoms with E-state index in [4.69, 9.17) is 4.74 Å². The van der Waals surface area contributed by atoms with Crippen LogP contribution in [0.3, 0.4) is 0 Å². The fourth-order valence-corrected chi connectivity index (χ4v) is 1.31. The second kappa shape index (κ2) is 4.46. The fraction of sp³-hybridized carbons (Fsp3) is 0.875. The molecule has 0 amide bonds. The number of carbonyl (C=O) groups is 1. The van der Waals surface area contributed by atoms with Gasteiger partial charge in [-0.05, 0) is 6.92 Å². The van der Waals surface area contributed by atoms with E-state index in [1.54, 1.807) is 0 Å². The minimum absolute atomic E-state index is 0.476. The SMILES string of the molecule is CC1COCCN1CCC=O. The Hall–Kier alpha value is -0.410. The van der Waals surface area contributed by atoms with Crippen molar-refractivity contribution < 1.29 is 9.53 Å². The minimum Gasteiger partial charge on any atom is -0.379 e. The Kier molecular flexibility index (Phi) is 3.52. The van der Waals surface area contributed by atoms with Crippen molar-refractivity contribution in [1.82, 2.24) is 4.90 Å². The second-order valence-electron chi connectivity index (χ2n) is 2.92. The van der Waals surface area contributed by atoms with Crippen LogP contribution in [0.25, 0.3) is 0 Å². The number of nitrogens with zero attached hydrogens (tertiary/aromatic N) is 1. The molecule has 64 valence electrons. The van der Waals surface area contributed by atoms with Crippen molar-refractivity contribution in [3.05, 3.63) is 0 Å². The molecule has 1 saturated heterocycles. The molecule has 0 radical (unpaired) electrons. The average molecular weight is 157 g/mol. The molecule has 0 spiro atoms. The van der Waals surface area contributed by atoms with Gasteiger partial charge in [0.25, 0.3) is 0 Å². The van der Waals surface area contributed by atoms with Gasteiger partial charge >= 0.3 is 0 Å². The predicted octanol–water partition coefficient (Wildman–Crippen LogP) is 0.296. The summed E-state index contributed by atoms with van der Waals surface area (Å²) in [6, 6.07) is 0.476. The van der Waals surface area contributed by atoms with Gasteiger partial charge in [0.15, 0.2) is 0 Å². The third-order valence-corrected chi connectivity index (χ3v) is 2.04. The Labute approximate surface area is 67.3 Å². The summed E-state index contributed by atoms with van der Waals surface area (Å²) in [6.45, 7) is 5.59. The first kappa shape index (κ1) is 8.68. The molecule has 1 atom stereocenters. The van der Waals surface area contributed by atoms with Crippen LogP contribution in [0.2, 0.25) is 0 Å². The standard InChI is InChI=1S/C8H15NO2/c1-8-7-11-6-4-9(8)3-2-5-10/h5,8H,2-4,6-7H2,1H3. The average Bonchev–Trinajstić information content (AvgIpc) is 2.03. The van der Waals surface area contributed by atoms with E-state index < -0.39 is 0 Å². The van der Waals surface area contributed by atoms with Crippen molar-refractivity contribution in [2.45, 2.75) is 19.4 Å². The van der Waals surface area contributed by atoms with Gasteiger partial charge < -0.3 is 9.53 Å². The smallest absolute Gasteiger partial charge is 0.121 e. The van der Waals surface area contributed by atoms with E-state index in [0.717, 1.165) is 32.6 Å². The van der Waals surface area contributed by atoms with Gasteiger partial charge in [-0.1, -0.05) is 0 Å². The molecule has 1 fully saturated rings. The number of ether oxygens (including phenoxy) is 1. The lowest BCUT2D eigenvalue weighted by Gasteiger charge is -2.32. The summed E-state index contributed by atoms with van der Waals surface area (Å²) in [7, 11) is 0. The Morgan fingerprint density at radius 1 is 1.73 bits per heavy atom. The molecule has 0 aromatic rings. The van der Waals surface area contributed by atoms with Gasteiger partial charge in [0, 0.05) is 25.6 Å². The Bertz CT molecular complexity index is 127. The molecule has 0 N–H and O–H groups in total. The van der Waals surface area contributed by atoms with E-state index in [1.165, 1.54) is 0 Å². The quantitative estimate of drug-likeness (QED) is 0.552. The molecule has 3 nitrogen and oxygen atoms in total. The molecule has 0 bridgehead atoms. The van der Waals surface area contributed by atoms with Crippen molar-refractivity contribution in [2.75, 3.05) is 26.3 Å². The number of morpholine rings is 1. The minimum atomic E-state index is 0.476. The van der Waals surface area contributed by atoms with E-state index in [-0.39, 0.29) is 0 Å². The van der Waals surface area contributed by atoms with E-state index in [1.807, 2.05) is 0 Å². The number of carbonyl (C=O) groups excluding carboxylic acids is 1. The van der Waals surface area contributed by atoms with E-state index in [9.17, 15) is 4.79 Å². The molecule has 0 saturated carbocycles. The van der Waals surface area contributed by atoms with E-state index >= 15 is 0 Å². The third-order valence-electron chi connectivity index (χ3n) is 2.04. The van der Waals surface area contributed by atoms with Crippen LogP contribution in [0.15, 0.2) is 0 Å². The van der Waals surface area contributed by atoms with Gasteiger partial charge in [0.05, 0.1) is 13.2 Å². The first-order valence-electron chi connectivity index (χ1n) is 4.10. The van der Waals surface area contributed by atoms with Crippen molar-refractivity contribution in [1.29, 1.82) is 0 Å². The van der Waals surface area contributed by atoms with E-state index in [2.05, 4.69) is 11.8 Å². The van der Waals surface area contributed by atoms with Crippen molar-refractivity contribution in [2.24, 2.45) is 0 Å². The fourth-order valence-electron chi connectivity index (χ4n) is 1.31. The largest absolute Gasteiger partial charge is 0.379 e. The number of hydrogen-bond acceptors (Lipinski definition) is 3. The number of aldehydes is 1. The lowest BCUT2D eigenvalue weighted by molar-refractivity contribution is -0.108. The molecule has 0 aromatic heterocycles. The van der Waals surface area contributed by atoms with Crippen LogP contribution in [0, 0.1) is 0 Å². The van der Waals surface area contributed by atoms with Crippen molar-refractivity contribution in [3.63, 3.8) is 0 Å². The number of rotatable bonds is 3. The van der Waals surface area contributed by atoms with Gasteiger partial charge in [-0.15, -0.1) is 0 Å². The first-order chi connectivity index (χ1) is 5.34.